The van der Waals surface area contributed by atoms with Crippen LogP contribution in [0.2, 0.25) is 0 Å². The normalized spacial score (nSPS) is 22.2. The Morgan fingerprint density at radius 2 is 2.00 bits per heavy atom. The van der Waals surface area contributed by atoms with Crippen LogP contribution in [-0.4, -0.2) is 35.8 Å². The van der Waals surface area contributed by atoms with Crippen molar-refractivity contribution in [3.05, 3.63) is 23.9 Å². The summed E-state index contributed by atoms with van der Waals surface area (Å²) in [6.45, 7) is -1.41. The number of halogens is 3. The number of carbonyl (C=O) groups is 1. The highest BCUT2D eigenvalue weighted by Gasteiger charge is 2.28. The molecule has 0 atom stereocenters. The molecule has 1 aliphatic rings. The van der Waals surface area contributed by atoms with Gasteiger partial charge in [-0.2, -0.15) is 13.2 Å². The average Bonchev–Trinajstić information content (AvgIpc) is 2.47. The van der Waals surface area contributed by atoms with Gasteiger partial charge in [-0.25, -0.2) is 4.98 Å². The smallest absolute Gasteiger partial charge is 0.422 e. The van der Waals surface area contributed by atoms with Gasteiger partial charge in [0.1, 0.15) is 0 Å². The van der Waals surface area contributed by atoms with E-state index in [9.17, 15) is 18.0 Å². The molecule has 0 aliphatic heterocycles. The summed E-state index contributed by atoms with van der Waals surface area (Å²) in [7, 11) is 0. The molecule has 0 spiro atoms. The van der Waals surface area contributed by atoms with Gasteiger partial charge in [-0.1, -0.05) is 0 Å². The molecule has 1 aromatic heterocycles. The molecule has 122 valence electrons. The number of hydrogen-bond donors (Lipinski definition) is 2. The summed E-state index contributed by atoms with van der Waals surface area (Å²) in [5.41, 5.74) is 6.08. The van der Waals surface area contributed by atoms with Crippen molar-refractivity contribution in [3.63, 3.8) is 0 Å². The zero-order chi connectivity index (χ0) is 16.2. The Kier molecular flexibility index (Phi) is 5.23. The Hall–Kier alpha value is -1.83. The molecule has 0 saturated heterocycles. The third-order valence-corrected chi connectivity index (χ3v) is 3.49. The summed E-state index contributed by atoms with van der Waals surface area (Å²) in [6.07, 6.45) is 0.177. The summed E-state index contributed by atoms with van der Waals surface area (Å²) in [4.78, 5) is 15.7. The van der Waals surface area contributed by atoms with Crippen molar-refractivity contribution in [2.24, 2.45) is 5.73 Å². The number of nitrogens with zero attached hydrogens (tertiary/aromatic N) is 1. The van der Waals surface area contributed by atoms with Gasteiger partial charge < -0.3 is 15.8 Å². The zero-order valence-electron chi connectivity index (χ0n) is 11.9. The van der Waals surface area contributed by atoms with E-state index in [0.717, 1.165) is 25.7 Å². The van der Waals surface area contributed by atoms with Crippen molar-refractivity contribution in [2.45, 2.75) is 43.9 Å². The summed E-state index contributed by atoms with van der Waals surface area (Å²) < 4.78 is 40.5. The van der Waals surface area contributed by atoms with Gasteiger partial charge in [0.2, 0.25) is 5.88 Å². The first kappa shape index (κ1) is 16.5. The minimum Gasteiger partial charge on any atom is -0.468 e. The molecule has 1 aromatic rings. The third kappa shape index (κ3) is 5.18. The van der Waals surface area contributed by atoms with E-state index < -0.39 is 12.8 Å². The predicted molar refractivity (Wildman–Crippen MR) is 73.5 cm³/mol. The number of pyridine rings is 1. The minimum atomic E-state index is -4.42. The van der Waals surface area contributed by atoms with Gasteiger partial charge in [0, 0.05) is 24.3 Å². The first-order valence-electron chi connectivity index (χ1n) is 7.05. The molecule has 1 amide bonds. The Labute approximate surface area is 126 Å². The first-order valence-corrected chi connectivity index (χ1v) is 7.05. The lowest BCUT2D eigenvalue weighted by Gasteiger charge is -2.26. The van der Waals surface area contributed by atoms with Crippen LogP contribution in [0.5, 0.6) is 5.88 Å². The van der Waals surface area contributed by atoms with E-state index in [0.29, 0.717) is 0 Å². The molecule has 3 N–H and O–H groups in total. The molecular formula is C14H18F3N3O2. The van der Waals surface area contributed by atoms with Crippen molar-refractivity contribution < 1.29 is 22.7 Å². The van der Waals surface area contributed by atoms with Gasteiger partial charge >= 0.3 is 6.18 Å². The van der Waals surface area contributed by atoms with E-state index in [2.05, 4.69) is 15.0 Å². The van der Waals surface area contributed by atoms with E-state index in [1.165, 1.54) is 18.3 Å². The van der Waals surface area contributed by atoms with Crippen LogP contribution in [0.25, 0.3) is 0 Å². The van der Waals surface area contributed by atoms with Crippen LogP contribution in [-0.2, 0) is 0 Å². The SMILES string of the molecule is NC1CCC(NC(=O)c2ccc(OCC(F)(F)F)nc2)CC1. The number of rotatable bonds is 4. The molecular weight excluding hydrogens is 299 g/mol. The number of alkyl halides is 3. The Morgan fingerprint density at radius 3 is 2.55 bits per heavy atom. The summed E-state index contributed by atoms with van der Waals surface area (Å²) in [5.74, 6) is -0.465. The molecule has 0 radical (unpaired) electrons. The van der Waals surface area contributed by atoms with Gasteiger partial charge in [0.15, 0.2) is 6.61 Å². The number of nitrogens with one attached hydrogen (secondary N) is 1. The molecule has 0 aromatic carbocycles. The highest BCUT2D eigenvalue weighted by Crippen LogP contribution is 2.19. The number of nitrogens with two attached hydrogens (primary N) is 1. The van der Waals surface area contributed by atoms with Crippen molar-refractivity contribution in [1.82, 2.24) is 10.3 Å². The molecule has 8 heteroatoms. The number of carbonyl (C=O) groups excluding carboxylic acids is 1. The standard InChI is InChI=1S/C14H18F3N3O2/c15-14(16,17)8-22-12-6-1-9(7-19-12)13(21)20-11-4-2-10(18)3-5-11/h1,6-7,10-11H,2-5,8,18H2,(H,20,21). The van der Waals surface area contributed by atoms with Crippen LogP contribution in [0.15, 0.2) is 18.3 Å². The van der Waals surface area contributed by atoms with E-state index in [4.69, 9.17) is 5.73 Å². The molecule has 5 nitrogen and oxygen atoms in total. The monoisotopic (exact) mass is 317 g/mol. The summed E-state index contributed by atoms with van der Waals surface area (Å²) in [6, 6.07) is 2.91. The molecule has 1 saturated carbocycles. The van der Waals surface area contributed by atoms with Crippen LogP contribution in [0.3, 0.4) is 0 Å². The van der Waals surface area contributed by atoms with Gasteiger partial charge in [-0.15, -0.1) is 0 Å². The lowest BCUT2D eigenvalue weighted by Crippen LogP contribution is -2.40. The van der Waals surface area contributed by atoms with E-state index in [1.807, 2.05) is 0 Å². The van der Waals surface area contributed by atoms with Crippen LogP contribution in [0, 0.1) is 0 Å². The van der Waals surface area contributed by atoms with Crippen molar-refractivity contribution in [3.8, 4) is 5.88 Å². The maximum Gasteiger partial charge on any atom is 0.422 e. The second kappa shape index (κ2) is 6.95. The second-order valence-electron chi connectivity index (χ2n) is 5.37. The van der Waals surface area contributed by atoms with Crippen LogP contribution >= 0.6 is 0 Å². The first-order chi connectivity index (χ1) is 10.3. The molecule has 22 heavy (non-hydrogen) atoms. The molecule has 1 heterocycles. The lowest BCUT2D eigenvalue weighted by molar-refractivity contribution is -0.154. The number of aromatic nitrogens is 1. The topological polar surface area (TPSA) is 77.2 Å². The van der Waals surface area contributed by atoms with E-state index >= 15 is 0 Å². The van der Waals surface area contributed by atoms with Crippen molar-refractivity contribution in [2.75, 3.05) is 6.61 Å². The molecule has 0 unspecified atom stereocenters. The van der Waals surface area contributed by atoms with E-state index in [1.54, 1.807) is 0 Å². The lowest BCUT2D eigenvalue weighted by atomic mass is 9.92. The molecule has 1 aliphatic carbocycles. The van der Waals surface area contributed by atoms with Gasteiger partial charge in [0.25, 0.3) is 5.91 Å². The van der Waals surface area contributed by atoms with Crippen LogP contribution in [0.4, 0.5) is 13.2 Å². The number of amides is 1. The van der Waals surface area contributed by atoms with Crippen molar-refractivity contribution >= 4 is 5.91 Å². The Morgan fingerprint density at radius 1 is 1.32 bits per heavy atom. The average molecular weight is 317 g/mol. The highest BCUT2D eigenvalue weighted by molar-refractivity contribution is 5.94. The fraction of sp³-hybridized carbons (Fsp3) is 0.571. The minimum absolute atomic E-state index is 0.0773. The highest BCUT2D eigenvalue weighted by atomic mass is 19.4. The maximum atomic E-state index is 12.0. The van der Waals surface area contributed by atoms with E-state index in [-0.39, 0.29) is 29.4 Å². The number of ether oxygens (including phenoxy) is 1. The second-order valence-corrected chi connectivity index (χ2v) is 5.37. The van der Waals surface area contributed by atoms with Crippen LogP contribution in [0.1, 0.15) is 36.0 Å². The van der Waals surface area contributed by atoms with Gasteiger partial charge in [-0.05, 0) is 31.7 Å². The molecule has 2 rings (SSSR count). The maximum absolute atomic E-state index is 12.0. The van der Waals surface area contributed by atoms with Gasteiger partial charge in [-0.3, -0.25) is 4.79 Å². The summed E-state index contributed by atoms with van der Waals surface area (Å²) in [5, 5.41) is 2.88. The Bertz CT molecular complexity index is 497. The predicted octanol–water partition coefficient (Wildman–Crippen LogP) is 2.02. The zero-order valence-corrected chi connectivity index (χ0v) is 11.9. The third-order valence-electron chi connectivity index (χ3n) is 3.49. The number of hydrogen-bond acceptors (Lipinski definition) is 4. The largest absolute Gasteiger partial charge is 0.468 e. The summed E-state index contributed by atoms with van der Waals surface area (Å²) >= 11 is 0. The molecule has 1 fully saturated rings. The van der Waals surface area contributed by atoms with Gasteiger partial charge in [0.05, 0.1) is 5.56 Å². The molecule has 0 bridgehead atoms. The quantitative estimate of drug-likeness (QED) is 0.891. The fourth-order valence-corrected chi connectivity index (χ4v) is 2.29. The Balaban J connectivity index is 1.85. The van der Waals surface area contributed by atoms with Crippen molar-refractivity contribution in [1.29, 1.82) is 0 Å². The van der Waals surface area contributed by atoms with Crippen LogP contribution < -0.4 is 15.8 Å². The fourth-order valence-electron chi connectivity index (χ4n) is 2.29.